The molecule has 2 aromatic rings. The van der Waals surface area contributed by atoms with Crippen LogP contribution in [0.25, 0.3) is 0 Å². The van der Waals surface area contributed by atoms with Gasteiger partial charge >= 0.3 is 6.09 Å². The number of carbonyl (C=O) groups is 2. The Morgan fingerprint density at radius 3 is 2.29 bits per heavy atom. The van der Waals surface area contributed by atoms with E-state index in [1.165, 1.54) is 10.5 Å². The lowest BCUT2D eigenvalue weighted by atomic mass is 9.90. The number of rotatable bonds is 5. The summed E-state index contributed by atoms with van der Waals surface area (Å²) >= 11 is 0. The first-order chi connectivity index (χ1) is 16.2. The predicted octanol–water partition coefficient (Wildman–Crippen LogP) is 4.43. The van der Waals surface area contributed by atoms with Crippen LogP contribution in [0.1, 0.15) is 57.2 Å². The predicted molar refractivity (Wildman–Crippen MR) is 133 cm³/mol. The van der Waals surface area contributed by atoms with E-state index in [2.05, 4.69) is 18.0 Å². The lowest BCUT2D eigenvalue weighted by Gasteiger charge is -2.42. The maximum Gasteiger partial charge on any atom is 0.410 e. The summed E-state index contributed by atoms with van der Waals surface area (Å²) in [5.41, 5.74) is 2.30. The minimum Gasteiger partial charge on any atom is -0.444 e. The molecule has 2 fully saturated rings. The van der Waals surface area contributed by atoms with Crippen molar-refractivity contribution in [3.8, 4) is 0 Å². The molecule has 3 heterocycles. The van der Waals surface area contributed by atoms with Gasteiger partial charge in [-0.05, 0) is 89.9 Å². The standard InChI is InChI=1S/C27H36N4O3/c1-27(2,3)34-26(33)30-17-14-24(30)25(32)31(23-8-6-5-7-9-23)19-22-11-10-21(18-28-22)20-12-15-29(4)16-13-20/h5-11,18,20,24H,12-17,19H2,1-4H3/t24-/m1/s1. The van der Waals surface area contributed by atoms with Crippen LogP contribution in [0, 0.1) is 0 Å². The van der Waals surface area contributed by atoms with Crippen molar-refractivity contribution in [3.05, 3.63) is 59.9 Å². The van der Waals surface area contributed by atoms with Crippen LogP contribution in [0.5, 0.6) is 0 Å². The first-order valence-corrected chi connectivity index (χ1v) is 12.2. The molecule has 2 saturated heterocycles. The van der Waals surface area contributed by atoms with Gasteiger partial charge in [0.05, 0.1) is 12.2 Å². The van der Waals surface area contributed by atoms with E-state index in [4.69, 9.17) is 9.72 Å². The third-order valence-electron chi connectivity index (χ3n) is 6.62. The highest BCUT2D eigenvalue weighted by Crippen LogP contribution is 2.29. The summed E-state index contributed by atoms with van der Waals surface area (Å²) in [4.78, 5) is 36.5. The number of anilines is 1. The summed E-state index contributed by atoms with van der Waals surface area (Å²) in [5, 5.41) is 0. The fourth-order valence-electron chi connectivity index (χ4n) is 4.54. The van der Waals surface area contributed by atoms with Gasteiger partial charge in [0.15, 0.2) is 0 Å². The zero-order valence-electron chi connectivity index (χ0n) is 20.7. The molecule has 7 heteroatoms. The average molecular weight is 465 g/mol. The number of pyridine rings is 1. The molecule has 4 rings (SSSR count). The summed E-state index contributed by atoms with van der Waals surface area (Å²) in [6.45, 7) is 8.60. The zero-order chi connectivity index (χ0) is 24.3. The van der Waals surface area contributed by atoms with Crippen molar-refractivity contribution >= 4 is 17.7 Å². The number of nitrogens with zero attached hydrogens (tertiary/aromatic N) is 4. The van der Waals surface area contributed by atoms with Gasteiger partial charge in [0.2, 0.25) is 5.91 Å². The molecular weight excluding hydrogens is 428 g/mol. The SMILES string of the molecule is CN1CCC(c2ccc(CN(C(=O)[C@H]3CCN3C(=O)OC(C)(C)C)c3ccccc3)nc2)CC1. The summed E-state index contributed by atoms with van der Waals surface area (Å²) in [5.74, 6) is 0.437. The van der Waals surface area contributed by atoms with Gasteiger partial charge in [0.1, 0.15) is 11.6 Å². The molecule has 1 aromatic heterocycles. The Hall–Kier alpha value is -2.93. The molecule has 1 aromatic carbocycles. The van der Waals surface area contributed by atoms with E-state index in [1.807, 2.05) is 63.4 Å². The molecule has 0 unspecified atom stereocenters. The molecule has 0 aliphatic carbocycles. The van der Waals surface area contributed by atoms with E-state index < -0.39 is 17.7 Å². The Bertz CT molecular complexity index is 979. The van der Waals surface area contributed by atoms with Gasteiger partial charge in [-0.25, -0.2) is 4.79 Å². The highest BCUT2D eigenvalue weighted by Gasteiger charge is 2.42. The van der Waals surface area contributed by atoms with Crippen molar-refractivity contribution in [2.75, 3.05) is 31.6 Å². The number of hydrogen-bond acceptors (Lipinski definition) is 5. The number of amides is 2. The lowest BCUT2D eigenvalue weighted by molar-refractivity contribution is -0.128. The molecule has 0 saturated carbocycles. The Labute approximate surface area is 202 Å². The number of benzene rings is 1. The Balaban J connectivity index is 1.49. The van der Waals surface area contributed by atoms with Crippen molar-refractivity contribution in [2.45, 2.75) is 64.1 Å². The van der Waals surface area contributed by atoms with Crippen LogP contribution < -0.4 is 4.90 Å². The summed E-state index contributed by atoms with van der Waals surface area (Å²) in [7, 11) is 2.17. The molecule has 34 heavy (non-hydrogen) atoms. The minimum absolute atomic E-state index is 0.107. The second kappa shape index (κ2) is 10.1. The number of para-hydroxylation sites is 1. The molecule has 0 bridgehead atoms. The normalized spacial score (nSPS) is 19.4. The van der Waals surface area contributed by atoms with Crippen LogP contribution in [-0.4, -0.2) is 65.1 Å². The van der Waals surface area contributed by atoms with E-state index in [0.717, 1.165) is 37.3 Å². The Kier molecular flexibility index (Phi) is 7.22. The number of hydrogen-bond donors (Lipinski definition) is 0. The highest BCUT2D eigenvalue weighted by molar-refractivity contribution is 5.99. The first-order valence-electron chi connectivity index (χ1n) is 12.2. The van der Waals surface area contributed by atoms with Crippen LogP contribution in [0.3, 0.4) is 0 Å². The molecular formula is C27H36N4O3. The van der Waals surface area contributed by atoms with E-state index in [-0.39, 0.29) is 5.91 Å². The maximum absolute atomic E-state index is 13.6. The van der Waals surface area contributed by atoms with Gasteiger partial charge in [-0.3, -0.25) is 14.7 Å². The number of likely N-dealkylation sites (tertiary alicyclic amines) is 2. The largest absolute Gasteiger partial charge is 0.444 e. The molecule has 2 amide bonds. The summed E-state index contributed by atoms with van der Waals surface area (Å²) < 4.78 is 5.50. The molecule has 2 aliphatic rings. The number of ether oxygens (including phenoxy) is 1. The molecule has 1 atom stereocenters. The number of aromatic nitrogens is 1. The van der Waals surface area contributed by atoms with Crippen LogP contribution in [-0.2, 0) is 16.1 Å². The van der Waals surface area contributed by atoms with Gasteiger partial charge < -0.3 is 14.5 Å². The van der Waals surface area contributed by atoms with Gasteiger partial charge in [-0.1, -0.05) is 24.3 Å². The van der Waals surface area contributed by atoms with Crippen molar-refractivity contribution in [1.29, 1.82) is 0 Å². The van der Waals surface area contributed by atoms with Gasteiger partial charge in [0, 0.05) is 18.4 Å². The molecule has 2 aliphatic heterocycles. The van der Waals surface area contributed by atoms with Crippen LogP contribution in [0.2, 0.25) is 0 Å². The fourth-order valence-corrected chi connectivity index (χ4v) is 4.54. The molecule has 0 N–H and O–H groups in total. The number of piperidine rings is 1. The van der Waals surface area contributed by atoms with Crippen LogP contribution in [0.15, 0.2) is 48.7 Å². The van der Waals surface area contributed by atoms with Crippen LogP contribution in [0.4, 0.5) is 10.5 Å². The molecule has 7 nitrogen and oxygen atoms in total. The van der Waals surface area contributed by atoms with Gasteiger partial charge in [-0.2, -0.15) is 0 Å². The quantitative estimate of drug-likeness (QED) is 0.655. The Morgan fingerprint density at radius 1 is 1.03 bits per heavy atom. The van der Waals surface area contributed by atoms with Crippen molar-refractivity contribution < 1.29 is 14.3 Å². The summed E-state index contributed by atoms with van der Waals surface area (Å²) in [6.07, 6.45) is 4.45. The number of carbonyl (C=O) groups excluding carboxylic acids is 2. The van der Waals surface area contributed by atoms with Gasteiger partial charge in [-0.15, -0.1) is 0 Å². The zero-order valence-corrected chi connectivity index (χ0v) is 20.7. The van der Waals surface area contributed by atoms with Crippen LogP contribution >= 0.6 is 0 Å². The highest BCUT2D eigenvalue weighted by atomic mass is 16.6. The van der Waals surface area contributed by atoms with E-state index in [1.54, 1.807) is 4.90 Å². The van der Waals surface area contributed by atoms with E-state index in [0.29, 0.717) is 25.4 Å². The average Bonchev–Trinajstić information content (AvgIpc) is 2.77. The smallest absolute Gasteiger partial charge is 0.410 e. The third kappa shape index (κ3) is 5.76. The van der Waals surface area contributed by atoms with Crippen molar-refractivity contribution in [3.63, 3.8) is 0 Å². The third-order valence-corrected chi connectivity index (χ3v) is 6.62. The monoisotopic (exact) mass is 464 g/mol. The molecule has 0 spiro atoms. The second-order valence-electron chi connectivity index (χ2n) is 10.4. The topological polar surface area (TPSA) is 66.0 Å². The molecule has 182 valence electrons. The second-order valence-corrected chi connectivity index (χ2v) is 10.4. The fraction of sp³-hybridized carbons (Fsp3) is 0.519. The lowest BCUT2D eigenvalue weighted by Crippen LogP contribution is -2.59. The van der Waals surface area contributed by atoms with Crippen molar-refractivity contribution in [1.82, 2.24) is 14.8 Å². The van der Waals surface area contributed by atoms with E-state index in [9.17, 15) is 9.59 Å². The maximum atomic E-state index is 13.6. The minimum atomic E-state index is -0.598. The first kappa shape index (κ1) is 24.2. The Morgan fingerprint density at radius 2 is 1.74 bits per heavy atom. The molecule has 0 radical (unpaired) electrons. The van der Waals surface area contributed by atoms with Crippen molar-refractivity contribution in [2.24, 2.45) is 0 Å². The summed E-state index contributed by atoms with van der Waals surface area (Å²) in [6, 6.07) is 13.3. The van der Waals surface area contributed by atoms with Gasteiger partial charge in [0.25, 0.3) is 0 Å². The van der Waals surface area contributed by atoms with E-state index >= 15 is 0 Å².